The maximum Gasteiger partial charge on any atom is 0.309 e. The van der Waals surface area contributed by atoms with Crippen LogP contribution in [0.4, 0.5) is 0 Å². The van der Waals surface area contributed by atoms with Crippen LogP contribution in [-0.2, 0) is 24.3 Å². The molecule has 5 aliphatic rings. The molecule has 1 aromatic rings. The number of sulfonamides is 1. The van der Waals surface area contributed by atoms with E-state index in [0.717, 1.165) is 70.5 Å². The lowest BCUT2D eigenvalue weighted by atomic mass is 9.32. The molecule has 54 heavy (non-hydrogen) atoms. The van der Waals surface area contributed by atoms with Crippen LogP contribution in [0.25, 0.3) is 0 Å². The molecule has 5 fully saturated rings. The number of carboxylic acids is 1. The zero-order chi connectivity index (χ0) is 39.9. The Morgan fingerprint density at radius 3 is 2.26 bits per heavy atom. The van der Waals surface area contributed by atoms with Crippen LogP contribution in [0.15, 0.2) is 36.4 Å². The summed E-state index contributed by atoms with van der Waals surface area (Å²) in [5, 5.41) is 9.61. The summed E-state index contributed by atoms with van der Waals surface area (Å²) in [6.07, 6.45) is 11.0. The lowest BCUT2D eigenvalue weighted by Gasteiger charge is -2.72. The average Bonchev–Trinajstić information content (AvgIpc) is 3.45. The molecule has 8 nitrogen and oxygen atoms in total. The van der Waals surface area contributed by atoms with Crippen LogP contribution in [-0.4, -0.2) is 43.7 Å². The molecule has 0 radical (unpaired) electrons. The first-order chi connectivity index (χ1) is 24.9. The van der Waals surface area contributed by atoms with Gasteiger partial charge in [0, 0.05) is 16.4 Å². The van der Waals surface area contributed by atoms with Gasteiger partial charge in [0.25, 0.3) is 5.91 Å². The Balaban J connectivity index is 1.29. The Bertz CT molecular complexity index is 1900. The van der Waals surface area contributed by atoms with Gasteiger partial charge >= 0.3 is 11.9 Å². The first-order valence-corrected chi connectivity index (χ1v) is 22.0. The SMILES string of the molecule is C=C(C)[C@@H]1CC[C@]2(C#Cc3ccccc3C(=O)NS(C)(=O)=O)CC[C@]3(C)C(CCC4[C@@]5(C)CC[C@H](OC(=O)CC(C)(C)C(=O)O)C(C)(C)C5CC[C@]43C)C12. The number of carbonyl (C=O) groups excluding carboxylic acids is 2. The van der Waals surface area contributed by atoms with E-state index >= 15 is 0 Å². The van der Waals surface area contributed by atoms with E-state index < -0.39 is 33.3 Å². The summed E-state index contributed by atoms with van der Waals surface area (Å²) in [5.41, 5.74) is 0.730. The number of carboxylic acid groups (broad SMARTS) is 1. The van der Waals surface area contributed by atoms with E-state index in [4.69, 9.17) is 4.74 Å². The number of carbonyl (C=O) groups is 3. The molecule has 0 heterocycles. The van der Waals surface area contributed by atoms with Crippen LogP contribution in [0.2, 0.25) is 0 Å². The molecule has 0 bridgehead atoms. The van der Waals surface area contributed by atoms with Crippen molar-refractivity contribution in [1.29, 1.82) is 0 Å². The summed E-state index contributed by atoms with van der Waals surface area (Å²) in [7, 11) is -3.72. The number of hydrogen-bond acceptors (Lipinski definition) is 6. The van der Waals surface area contributed by atoms with Crippen LogP contribution in [0.1, 0.15) is 142 Å². The van der Waals surface area contributed by atoms with Crippen molar-refractivity contribution in [3.05, 3.63) is 47.5 Å². The molecule has 5 saturated carbocycles. The average molecular weight is 762 g/mol. The van der Waals surface area contributed by atoms with E-state index in [-0.39, 0.29) is 45.2 Å². The fourth-order valence-corrected chi connectivity index (χ4v) is 13.8. The third kappa shape index (κ3) is 6.54. The number of amides is 1. The number of ether oxygens (including phenoxy) is 1. The number of hydrogen-bond donors (Lipinski definition) is 2. The Labute approximate surface area is 324 Å². The normalized spacial score (nSPS) is 38.2. The zero-order valence-corrected chi connectivity index (χ0v) is 34.9. The van der Waals surface area contributed by atoms with Crippen molar-refractivity contribution in [3.63, 3.8) is 0 Å². The highest BCUT2D eigenvalue weighted by molar-refractivity contribution is 7.89. The molecule has 0 aliphatic heterocycles. The highest BCUT2D eigenvalue weighted by atomic mass is 32.2. The van der Waals surface area contributed by atoms with E-state index in [1.54, 1.807) is 26.0 Å². The topological polar surface area (TPSA) is 127 Å². The fraction of sp³-hybridized carbons (Fsp3) is 0.711. The summed E-state index contributed by atoms with van der Waals surface area (Å²) in [6.45, 7) is 22.1. The molecule has 0 spiro atoms. The highest BCUT2D eigenvalue weighted by Gasteiger charge is 2.71. The maximum atomic E-state index is 13.1. The van der Waals surface area contributed by atoms with Crippen molar-refractivity contribution in [1.82, 2.24) is 4.72 Å². The van der Waals surface area contributed by atoms with Gasteiger partial charge in [-0.1, -0.05) is 70.7 Å². The Kier molecular flexibility index (Phi) is 10.2. The molecule has 5 aliphatic carbocycles. The number of esters is 1. The Morgan fingerprint density at radius 1 is 0.926 bits per heavy atom. The van der Waals surface area contributed by atoms with Gasteiger partial charge in [0.05, 0.1) is 23.7 Å². The van der Waals surface area contributed by atoms with Crippen LogP contribution in [0.5, 0.6) is 0 Å². The van der Waals surface area contributed by atoms with Crippen molar-refractivity contribution in [2.45, 2.75) is 132 Å². The van der Waals surface area contributed by atoms with Gasteiger partial charge in [0.2, 0.25) is 10.0 Å². The van der Waals surface area contributed by atoms with E-state index in [1.165, 1.54) is 5.57 Å². The predicted molar refractivity (Wildman–Crippen MR) is 211 cm³/mol. The molecule has 1 amide bonds. The van der Waals surface area contributed by atoms with Gasteiger partial charge in [0.15, 0.2) is 0 Å². The second-order valence-corrected chi connectivity index (χ2v) is 21.8. The number of nitrogens with one attached hydrogen (secondary N) is 1. The van der Waals surface area contributed by atoms with E-state index in [2.05, 4.69) is 64.7 Å². The minimum atomic E-state index is -3.72. The monoisotopic (exact) mass is 761 g/mol. The van der Waals surface area contributed by atoms with E-state index in [9.17, 15) is 27.9 Å². The van der Waals surface area contributed by atoms with Gasteiger partial charge in [-0.3, -0.25) is 14.4 Å². The number of benzene rings is 1. The largest absolute Gasteiger partial charge is 0.481 e. The smallest absolute Gasteiger partial charge is 0.309 e. The minimum Gasteiger partial charge on any atom is -0.481 e. The minimum absolute atomic E-state index is 0.0851. The Morgan fingerprint density at radius 2 is 1.61 bits per heavy atom. The number of fused-ring (bicyclic) bond motifs is 7. The molecule has 4 unspecified atom stereocenters. The van der Waals surface area contributed by atoms with Crippen molar-refractivity contribution in [2.75, 3.05) is 6.26 Å². The van der Waals surface area contributed by atoms with Crippen molar-refractivity contribution in [2.24, 2.45) is 62.1 Å². The molecule has 0 saturated heterocycles. The quantitative estimate of drug-likeness (QED) is 0.162. The summed E-state index contributed by atoms with van der Waals surface area (Å²) < 4.78 is 32.1. The molecule has 2 N–H and O–H groups in total. The number of allylic oxidation sites excluding steroid dienone is 1. The second-order valence-electron chi connectivity index (χ2n) is 20.0. The summed E-state index contributed by atoms with van der Waals surface area (Å²) in [4.78, 5) is 37.8. The van der Waals surface area contributed by atoms with Gasteiger partial charge < -0.3 is 9.84 Å². The molecule has 0 aromatic heterocycles. The number of aliphatic carboxylic acids is 1. The van der Waals surface area contributed by atoms with Crippen LogP contribution >= 0.6 is 0 Å². The number of rotatable bonds is 7. The predicted octanol–water partition coefficient (Wildman–Crippen LogP) is 8.80. The van der Waals surface area contributed by atoms with Gasteiger partial charge in [0.1, 0.15) is 6.10 Å². The molecule has 9 heteroatoms. The van der Waals surface area contributed by atoms with E-state index in [1.807, 2.05) is 12.1 Å². The second kappa shape index (κ2) is 13.5. The standard InChI is InChI=1S/C45H63NO7S/c1-28(2)30-18-24-45(23-17-29-13-11-12-14-31(29)38(48)46-54(10,51)52)26-25-43(8)32(37(30)45)15-16-34-42(7)21-20-35(53-36(47)27-40(3,4)39(49)50)41(5,6)33(42)19-22-44(34,43)9/h11-14,30,32-35,37H,1,15-16,18-22,24-27H2,2-10H3,(H,46,48)(H,49,50)/t30-,32?,33?,34?,35-,37?,42-,43+,44+,45+/m0/s1. The lowest BCUT2D eigenvalue weighted by molar-refractivity contribution is -0.247. The van der Waals surface area contributed by atoms with Gasteiger partial charge in [-0.25, -0.2) is 13.1 Å². The first kappa shape index (κ1) is 40.5. The maximum absolute atomic E-state index is 13.1. The summed E-state index contributed by atoms with van der Waals surface area (Å²) >= 11 is 0. The fourth-order valence-electron chi connectivity index (χ4n) is 13.4. The highest BCUT2D eigenvalue weighted by Crippen LogP contribution is 2.77. The zero-order valence-electron chi connectivity index (χ0n) is 34.1. The van der Waals surface area contributed by atoms with Crippen molar-refractivity contribution < 1.29 is 32.6 Å². The summed E-state index contributed by atoms with van der Waals surface area (Å²) in [6, 6.07) is 7.03. The molecule has 296 valence electrons. The third-order valence-electron chi connectivity index (χ3n) is 16.3. The molecule has 1 aromatic carbocycles. The summed E-state index contributed by atoms with van der Waals surface area (Å²) in [5.74, 6) is 7.25. The van der Waals surface area contributed by atoms with Crippen LogP contribution in [0.3, 0.4) is 0 Å². The molecule has 10 atom stereocenters. The molecule has 6 rings (SSSR count). The van der Waals surface area contributed by atoms with Crippen LogP contribution in [0, 0.1) is 73.9 Å². The van der Waals surface area contributed by atoms with Crippen molar-refractivity contribution >= 4 is 27.9 Å². The molecular weight excluding hydrogens is 699 g/mol. The lowest BCUT2D eigenvalue weighted by Crippen LogP contribution is -2.66. The van der Waals surface area contributed by atoms with Crippen LogP contribution < -0.4 is 4.72 Å². The molecular formula is C45H63NO7S. The van der Waals surface area contributed by atoms with Gasteiger partial charge in [-0.2, -0.15) is 0 Å². The van der Waals surface area contributed by atoms with Gasteiger partial charge in [-0.15, -0.1) is 0 Å². The van der Waals surface area contributed by atoms with Gasteiger partial charge in [-0.05, 0) is 143 Å². The van der Waals surface area contributed by atoms with E-state index in [0.29, 0.717) is 35.2 Å². The third-order valence-corrected chi connectivity index (χ3v) is 16.9. The first-order valence-electron chi connectivity index (χ1n) is 20.1. The van der Waals surface area contributed by atoms with Crippen molar-refractivity contribution in [3.8, 4) is 11.8 Å². The Hall–Kier alpha value is -3.12.